The molecule has 156 valence electrons. The van der Waals surface area contributed by atoms with Crippen LogP contribution in [0.3, 0.4) is 0 Å². The molecule has 1 aromatic heterocycles. The molecule has 4 rings (SSSR count). The smallest absolute Gasteiger partial charge is 0.261 e. The average Bonchev–Trinajstić information content (AvgIpc) is 3.26. The molecule has 6 heteroatoms. The predicted molar refractivity (Wildman–Crippen MR) is 112 cm³/mol. The van der Waals surface area contributed by atoms with Gasteiger partial charge < -0.3 is 14.2 Å². The van der Waals surface area contributed by atoms with Gasteiger partial charge in [0.25, 0.3) is 5.91 Å². The van der Waals surface area contributed by atoms with Crippen LogP contribution < -0.4 is 4.74 Å². The third kappa shape index (κ3) is 4.16. The van der Waals surface area contributed by atoms with Gasteiger partial charge in [-0.3, -0.25) is 4.79 Å². The molecule has 2 aliphatic heterocycles. The zero-order chi connectivity index (χ0) is 20.4. The van der Waals surface area contributed by atoms with E-state index < -0.39 is 0 Å². The predicted octanol–water partition coefficient (Wildman–Crippen LogP) is 4.18. The van der Waals surface area contributed by atoms with Crippen LogP contribution >= 0.6 is 0 Å². The molecule has 0 spiro atoms. The van der Waals surface area contributed by atoms with Crippen LogP contribution in [0.1, 0.15) is 80.7 Å². The van der Waals surface area contributed by atoms with Crippen molar-refractivity contribution >= 4 is 5.91 Å². The highest BCUT2D eigenvalue weighted by Crippen LogP contribution is 2.33. The van der Waals surface area contributed by atoms with E-state index in [0.29, 0.717) is 5.92 Å². The van der Waals surface area contributed by atoms with Crippen LogP contribution in [0, 0.1) is 6.92 Å². The molecule has 1 fully saturated rings. The van der Waals surface area contributed by atoms with Crippen molar-refractivity contribution in [1.29, 1.82) is 0 Å². The van der Waals surface area contributed by atoms with Crippen LogP contribution in [0.2, 0.25) is 0 Å². The Morgan fingerprint density at radius 3 is 2.86 bits per heavy atom. The second kappa shape index (κ2) is 8.56. The molecule has 1 unspecified atom stereocenters. The van der Waals surface area contributed by atoms with E-state index in [1.807, 2.05) is 17.9 Å². The first-order chi connectivity index (χ1) is 14.0. The fourth-order valence-electron chi connectivity index (χ4n) is 4.55. The Kier molecular flexibility index (Phi) is 5.88. The van der Waals surface area contributed by atoms with Gasteiger partial charge in [0.15, 0.2) is 12.4 Å². The van der Waals surface area contributed by atoms with Gasteiger partial charge >= 0.3 is 0 Å². The van der Waals surface area contributed by atoms with E-state index in [0.717, 1.165) is 67.3 Å². The van der Waals surface area contributed by atoms with Crippen molar-refractivity contribution in [2.24, 2.45) is 0 Å². The summed E-state index contributed by atoms with van der Waals surface area (Å²) in [6, 6.07) is 6.25. The Morgan fingerprint density at radius 1 is 1.17 bits per heavy atom. The lowest BCUT2D eigenvalue weighted by Crippen LogP contribution is -2.35. The summed E-state index contributed by atoms with van der Waals surface area (Å²) in [4.78, 5) is 15.0. The highest BCUT2D eigenvalue weighted by Gasteiger charge is 2.34. The summed E-state index contributed by atoms with van der Waals surface area (Å²) in [6.45, 7) is 8.14. The molecule has 6 nitrogen and oxygen atoms in total. The number of hydrogen-bond acceptors (Lipinski definition) is 4. The van der Waals surface area contributed by atoms with E-state index in [-0.39, 0.29) is 18.6 Å². The molecule has 2 aromatic rings. The number of fused-ring (bicyclic) bond motifs is 1. The number of nitrogens with zero attached hydrogens (tertiary/aromatic N) is 4. The Morgan fingerprint density at radius 2 is 2.03 bits per heavy atom. The standard InChI is InChI=1S/C23H32N4O2/c1-16(2)18-11-10-17(3)14-20(18)29-15-22(28)26-13-7-8-19(26)23-25-24-21-9-5-4-6-12-27(21)23/h10-11,14,16,19H,4-9,12-13,15H2,1-3H3. The maximum absolute atomic E-state index is 13.1. The van der Waals surface area contributed by atoms with Crippen molar-refractivity contribution in [2.45, 2.75) is 77.8 Å². The normalized spacial score (nSPS) is 19.3. The van der Waals surface area contributed by atoms with Gasteiger partial charge in [0.2, 0.25) is 0 Å². The second-order valence-electron chi connectivity index (χ2n) is 8.67. The maximum atomic E-state index is 13.1. The number of aromatic nitrogens is 3. The number of hydrogen-bond donors (Lipinski definition) is 0. The molecule has 1 amide bonds. The van der Waals surface area contributed by atoms with Crippen LogP contribution in [-0.4, -0.2) is 38.7 Å². The zero-order valence-electron chi connectivity index (χ0n) is 17.9. The molecule has 1 aromatic carbocycles. The first-order valence-corrected chi connectivity index (χ1v) is 11.0. The lowest BCUT2D eigenvalue weighted by molar-refractivity contribution is -0.134. The van der Waals surface area contributed by atoms with E-state index >= 15 is 0 Å². The summed E-state index contributed by atoms with van der Waals surface area (Å²) in [5, 5.41) is 8.93. The highest BCUT2D eigenvalue weighted by molar-refractivity contribution is 5.78. The SMILES string of the molecule is Cc1ccc(C(C)C)c(OCC(=O)N2CCCC2c2nnc3n2CCCCC3)c1. The zero-order valence-corrected chi connectivity index (χ0v) is 17.9. The quantitative estimate of drug-likeness (QED) is 0.761. The van der Waals surface area contributed by atoms with Crippen LogP contribution in [0.15, 0.2) is 18.2 Å². The van der Waals surface area contributed by atoms with E-state index in [2.05, 4.69) is 40.7 Å². The number of amides is 1. The largest absolute Gasteiger partial charge is 0.483 e. The van der Waals surface area contributed by atoms with Gasteiger partial charge in [-0.2, -0.15) is 0 Å². The molecule has 0 radical (unpaired) electrons. The number of likely N-dealkylation sites (tertiary alicyclic amines) is 1. The minimum absolute atomic E-state index is 0.0209. The number of ether oxygens (including phenoxy) is 1. The summed E-state index contributed by atoms with van der Waals surface area (Å²) in [5.74, 6) is 3.25. The van der Waals surface area contributed by atoms with Gasteiger partial charge in [0, 0.05) is 19.5 Å². The van der Waals surface area contributed by atoms with Crippen LogP contribution in [0.5, 0.6) is 5.75 Å². The van der Waals surface area contributed by atoms with Crippen molar-refractivity contribution < 1.29 is 9.53 Å². The fourth-order valence-corrected chi connectivity index (χ4v) is 4.55. The van der Waals surface area contributed by atoms with Crippen LogP contribution in [0.25, 0.3) is 0 Å². The van der Waals surface area contributed by atoms with Crippen molar-refractivity contribution in [2.75, 3.05) is 13.2 Å². The number of carbonyl (C=O) groups is 1. The molecule has 29 heavy (non-hydrogen) atoms. The van der Waals surface area contributed by atoms with Gasteiger partial charge in [-0.25, -0.2) is 0 Å². The summed E-state index contributed by atoms with van der Waals surface area (Å²) in [6.07, 6.45) is 6.51. The first kappa shape index (κ1) is 19.9. The van der Waals surface area contributed by atoms with Gasteiger partial charge in [-0.15, -0.1) is 10.2 Å². The van der Waals surface area contributed by atoms with E-state index in [4.69, 9.17) is 4.74 Å². The molecular weight excluding hydrogens is 364 g/mol. The average molecular weight is 397 g/mol. The van der Waals surface area contributed by atoms with Gasteiger partial charge in [-0.1, -0.05) is 32.4 Å². The number of aryl methyl sites for hydroxylation is 2. The monoisotopic (exact) mass is 396 g/mol. The lowest BCUT2D eigenvalue weighted by atomic mass is 10.0. The Bertz CT molecular complexity index is 874. The van der Waals surface area contributed by atoms with Gasteiger partial charge in [0.05, 0.1) is 6.04 Å². The molecule has 1 saturated heterocycles. The summed E-state index contributed by atoms with van der Waals surface area (Å²) >= 11 is 0. The topological polar surface area (TPSA) is 60.2 Å². The summed E-state index contributed by atoms with van der Waals surface area (Å²) in [7, 11) is 0. The van der Waals surface area contributed by atoms with Crippen molar-refractivity contribution in [3.63, 3.8) is 0 Å². The van der Waals surface area contributed by atoms with Crippen molar-refractivity contribution in [3.8, 4) is 5.75 Å². The van der Waals surface area contributed by atoms with E-state index in [1.54, 1.807) is 0 Å². The van der Waals surface area contributed by atoms with Crippen molar-refractivity contribution in [1.82, 2.24) is 19.7 Å². The van der Waals surface area contributed by atoms with E-state index in [1.165, 1.54) is 12.8 Å². The highest BCUT2D eigenvalue weighted by atomic mass is 16.5. The molecule has 0 N–H and O–H groups in total. The van der Waals surface area contributed by atoms with E-state index in [9.17, 15) is 4.79 Å². The minimum Gasteiger partial charge on any atom is -0.483 e. The molecule has 3 heterocycles. The molecular formula is C23H32N4O2. The minimum atomic E-state index is 0.0209. The van der Waals surface area contributed by atoms with Crippen LogP contribution in [0.4, 0.5) is 0 Å². The first-order valence-electron chi connectivity index (χ1n) is 11.0. The fraction of sp³-hybridized carbons (Fsp3) is 0.609. The third-order valence-corrected chi connectivity index (χ3v) is 6.15. The van der Waals surface area contributed by atoms with Crippen molar-refractivity contribution in [3.05, 3.63) is 41.0 Å². The molecule has 2 aliphatic rings. The maximum Gasteiger partial charge on any atom is 0.261 e. The second-order valence-corrected chi connectivity index (χ2v) is 8.67. The van der Waals surface area contributed by atoms with Gasteiger partial charge in [-0.05, 0) is 55.7 Å². The Balaban J connectivity index is 1.48. The third-order valence-electron chi connectivity index (χ3n) is 6.15. The molecule has 0 saturated carbocycles. The van der Waals surface area contributed by atoms with Gasteiger partial charge in [0.1, 0.15) is 11.6 Å². The van der Waals surface area contributed by atoms with Crippen LogP contribution in [-0.2, 0) is 17.8 Å². The number of benzene rings is 1. The number of carbonyl (C=O) groups excluding carboxylic acids is 1. The molecule has 0 aliphatic carbocycles. The molecule has 0 bridgehead atoms. The summed E-state index contributed by atoms with van der Waals surface area (Å²) in [5.41, 5.74) is 2.28. The Labute approximate surface area is 173 Å². The number of rotatable bonds is 5. The lowest BCUT2D eigenvalue weighted by Gasteiger charge is -2.25. The molecule has 1 atom stereocenters. The Hall–Kier alpha value is -2.37. The summed E-state index contributed by atoms with van der Waals surface area (Å²) < 4.78 is 8.28.